The third-order valence-electron chi connectivity index (χ3n) is 3.45. The summed E-state index contributed by atoms with van der Waals surface area (Å²) in [7, 11) is 0. The van der Waals surface area contributed by atoms with Crippen LogP contribution in [0.15, 0.2) is 22.7 Å². The van der Waals surface area contributed by atoms with Gasteiger partial charge in [-0.15, -0.1) is 0 Å². The summed E-state index contributed by atoms with van der Waals surface area (Å²) < 4.78 is 14.4. The van der Waals surface area contributed by atoms with Crippen LogP contribution < -0.4 is 5.73 Å². The molecule has 0 saturated carbocycles. The molecule has 1 heterocycles. The maximum absolute atomic E-state index is 13.7. The van der Waals surface area contributed by atoms with Crippen LogP contribution >= 0.6 is 15.9 Å². The Bertz CT molecular complexity index is 477. The molecule has 0 unspecified atom stereocenters. The number of amides is 1. The molecule has 2 rings (SSSR count). The molecule has 1 aromatic carbocycles. The van der Waals surface area contributed by atoms with E-state index in [0.717, 1.165) is 0 Å². The molecule has 0 aromatic heterocycles. The van der Waals surface area contributed by atoms with Crippen molar-refractivity contribution in [3.63, 3.8) is 0 Å². The van der Waals surface area contributed by atoms with E-state index in [1.165, 1.54) is 6.07 Å². The highest BCUT2D eigenvalue weighted by Crippen LogP contribution is 2.26. The Kier molecular flexibility index (Phi) is 4.23. The van der Waals surface area contributed by atoms with Crippen molar-refractivity contribution in [2.75, 3.05) is 13.1 Å². The highest BCUT2D eigenvalue weighted by atomic mass is 79.9. The third-order valence-corrected chi connectivity index (χ3v) is 4.19. The van der Waals surface area contributed by atoms with Gasteiger partial charge in [0.2, 0.25) is 0 Å². The minimum absolute atomic E-state index is 0.142. The molecule has 1 fully saturated rings. The van der Waals surface area contributed by atoms with E-state index >= 15 is 0 Å². The summed E-state index contributed by atoms with van der Waals surface area (Å²) in [6.45, 7) is 1.18. The normalized spacial score (nSPS) is 24.4. The number of likely N-dealkylation sites (tertiary alicyclic amines) is 1. The highest BCUT2D eigenvalue weighted by Gasteiger charge is 2.38. The maximum atomic E-state index is 13.7. The first-order valence-electron chi connectivity index (χ1n) is 6.10. The summed E-state index contributed by atoms with van der Waals surface area (Å²) in [6, 6.07) is 4.78. The Balaban J connectivity index is 2.13. The summed E-state index contributed by atoms with van der Waals surface area (Å²) in [5, 5.41) is 10.1. The number of β-amino-alcohol motifs (C(OH)–C–C–N with tert-alkyl or cyclic N) is 1. The quantitative estimate of drug-likeness (QED) is 0.880. The second kappa shape index (κ2) is 5.56. The maximum Gasteiger partial charge on any atom is 0.250 e. The highest BCUT2D eigenvalue weighted by molar-refractivity contribution is 9.10. The molecular weight excluding hydrogens is 315 g/mol. The number of hydrogen-bond acceptors (Lipinski definition) is 3. The molecule has 3 N–H and O–H groups in total. The van der Waals surface area contributed by atoms with Gasteiger partial charge in [-0.3, -0.25) is 9.69 Å². The van der Waals surface area contributed by atoms with E-state index < -0.39 is 11.5 Å². The van der Waals surface area contributed by atoms with Gasteiger partial charge < -0.3 is 10.8 Å². The van der Waals surface area contributed by atoms with Crippen molar-refractivity contribution in [2.24, 2.45) is 5.73 Å². The van der Waals surface area contributed by atoms with Gasteiger partial charge >= 0.3 is 0 Å². The van der Waals surface area contributed by atoms with Crippen LogP contribution in [-0.2, 0) is 11.3 Å². The SMILES string of the molecule is NC(=O)[C@@]1(O)CCCN(Cc2c(F)cccc2Br)C1. The van der Waals surface area contributed by atoms with E-state index in [9.17, 15) is 14.3 Å². The lowest BCUT2D eigenvalue weighted by molar-refractivity contribution is -0.142. The average Bonchev–Trinajstić information content (AvgIpc) is 2.34. The van der Waals surface area contributed by atoms with E-state index in [1.54, 1.807) is 12.1 Å². The Morgan fingerprint density at radius 1 is 1.58 bits per heavy atom. The average molecular weight is 331 g/mol. The van der Waals surface area contributed by atoms with Gasteiger partial charge in [-0.25, -0.2) is 4.39 Å². The molecule has 1 aliphatic rings. The fraction of sp³-hybridized carbons (Fsp3) is 0.462. The largest absolute Gasteiger partial charge is 0.379 e. The zero-order valence-corrected chi connectivity index (χ0v) is 12.0. The summed E-state index contributed by atoms with van der Waals surface area (Å²) in [4.78, 5) is 13.1. The van der Waals surface area contributed by atoms with Crippen LogP contribution in [0.1, 0.15) is 18.4 Å². The van der Waals surface area contributed by atoms with Crippen molar-refractivity contribution in [1.82, 2.24) is 4.90 Å². The fourth-order valence-electron chi connectivity index (χ4n) is 2.37. The van der Waals surface area contributed by atoms with Crippen molar-refractivity contribution in [2.45, 2.75) is 25.0 Å². The van der Waals surface area contributed by atoms with E-state index in [-0.39, 0.29) is 12.4 Å². The number of carbonyl (C=O) groups excluding carboxylic acids is 1. The van der Waals surface area contributed by atoms with Crippen molar-refractivity contribution in [1.29, 1.82) is 0 Å². The van der Waals surface area contributed by atoms with Gasteiger partial charge in [0, 0.05) is 23.1 Å². The van der Waals surface area contributed by atoms with E-state index in [4.69, 9.17) is 5.73 Å². The molecule has 1 aromatic rings. The first kappa shape index (κ1) is 14.4. The number of nitrogens with two attached hydrogens (primary N) is 1. The van der Waals surface area contributed by atoms with E-state index in [1.807, 2.05) is 4.90 Å². The molecule has 1 aliphatic heterocycles. The predicted octanol–water partition coefficient (Wildman–Crippen LogP) is 1.40. The first-order chi connectivity index (χ1) is 8.92. The Labute approximate surface area is 119 Å². The van der Waals surface area contributed by atoms with Gasteiger partial charge in [0.25, 0.3) is 5.91 Å². The topological polar surface area (TPSA) is 66.6 Å². The predicted molar refractivity (Wildman–Crippen MR) is 72.8 cm³/mol. The van der Waals surface area contributed by atoms with Crippen LogP contribution in [0, 0.1) is 5.82 Å². The number of hydrogen-bond donors (Lipinski definition) is 2. The van der Waals surface area contributed by atoms with Crippen LogP contribution in [0.5, 0.6) is 0 Å². The zero-order valence-electron chi connectivity index (χ0n) is 10.4. The van der Waals surface area contributed by atoms with Gasteiger partial charge in [0.15, 0.2) is 5.60 Å². The molecule has 0 radical (unpaired) electrons. The van der Waals surface area contributed by atoms with E-state index in [0.29, 0.717) is 36.0 Å². The van der Waals surface area contributed by atoms with Crippen LogP contribution in [0.3, 0.4) is 0 Å². The summed E-state index contributed by atoms with van der Waals surface area (Å²) in [5.41, 5.74) is 4.24. The summed E-state index contributed by atoms with van der Waals surface area (Å²) in [6.07, 6.45) is 1.02. The number of nitrogens with zero attached hydrogens (tertiary/aromatic N) is 1. The van der Waals surface area contributed by atoms with Crippen molar-refractivity contribution in [3.8, 4) is 0 Å². The van der Waals surface area contributed by atoms with Gasteiger partial charge in [0.1, 0.15) is 5.82 Å². The molecule has 104 valence electrons. The molecule has 0 spiro atoms. The third kappa shape index (κ3) is 3.13. The van der Waals surface area contributed by atoms with Crippen molar-refractivity contribution in [3.05, 3.63) is 34.1 Å². The molecule has 1 amide bonds. The molecule has 0 aliphatic carbocycles. The Morgan fingerprint density at radius 2 is 2.32 bits per heavy atom. The number of aliphatic hydroxyl groups is 1. The van der Waals surface area contributed by atoms with Crippen LogP contribution in [0.4, 0.5) is 4.39 Å². The number of rotatable bonds is 3. The smallest absolute Gasteiger partial charge is 0.250 e. The van der Waals surface area contributed by atoms with Crippen LogP contribution in [0.2, 0.25) is 0 Å². The zero-order chi connectivity index (χ0) is 14.0. The minimum Gasteiger partial charge on any atom is -0.379 e. The second-order valence-corrected chi connectivity index (χ2v) is 5.76. The monoisotopic (exact) mass is 330 g/mol. The number of primary amides is 1. The molecule has 0 bridgehead atoms. The number of benzene rings is 1. The number of piperidine rings is 1. The lowest BCUT2D eigenvalue weighted by atomic mass is 9.92. The number of halogens is 2. The number of carbonyl (C=O) groups is 1. The van der Waals surface area contributed by atoms with Gasteiger partial charge in [-0.1, -0.05) is 22.0 Å². The molecular formula is C13H16BrFN2O2. The van der Waals surface area contributed by atoms with Crippen molar-refractivity contribution < 1.29 is 14.3 Å². The second-order valence-electron chi connectivity index (χ2n) is 4.91. The van der Waals surface area contributed by atoms with Crippen LogP contribution in [0.25, 0.3) is 0 Å². The van der Waals surface area contributed by atoms with E-state index in [2.05, 4.69) is 15.9 Å². The van der Waals surface area contributed by atoms with Crippen LogP contribution in [-0.4, -0.2) is 34.6 Å². The standard InChI is InChI=1S/C13H16BrFN2O2/c14-10-3-1-4-11(15)9(10)7-17-6-2-5-13(19,8-17)12(16)18/h1,3-4,19H,2,5-8H2,(H2,16,18)/t13-/m1/s1. The Morgan fingerprint density at radius 3 is 2.95 bits per heavy atom. The lowest BCUT2D eigenvalue weighted by Crippen LogP contribution is -2.55. The summed E-state index contributed by atoms with van der Waals surface area (Å²) >= 11 is 3.31. The first-order valence-corrected chi connectivity index (χ1v) is 6.89. The lowest BCUT2D eigenvalue weighted by Gasteiger charge is -2.37. The van der Waals surface area contributed by atoms with Gasteiger partial charge in [-0.2, -0.15) is 0 Å². The molecule has 6 heteroatoms. The molecule has 1 saturated heterocycles. The Hall–Kier alpha value is -0.980. The molecule has 4 nitrogen and oxygen atoms in total. The fourth-order valence-corrected chi connectivity index (χ4v) is 2.83. The summed E-state index contributed by atoms with van der Waals surface area (Å²) in [5.74, 6) is -1.02. The van der Waals surface area contributed by atoms with Gasteiger partial charge in [0.05, 0.1) is 0 Å². The molecule has 19 heavy (non-hydrogen) atoms. The van der Waals surface area contributed by atoms with Gasteiger partial charge in [-0.05, 0) is 31.5 Å². The van der Waals surface area contributed by atoms with Crippen molar-refractivity contribution >= 4 is 21.8 Å². The minimum atomic E-state index is -1.50. The molecule has 1 atom stereocenters.